The van der Waals surface area contributed by atoms with E-state index in [4.69, 9.17) is 16.7 Å². The number of carboxylic acids is 1. The van der Waals surface area contributed by atoms with E-state index in [9.17, 15) is 9.59 Å². The van der Waals surface area contributed by atoms with Gasteiger partial charge in [-0.1, -0.05) is 17.7 Å². The minimum atomic E-state index is -1.11. The van der Waals surface area contributed by atoms with Gasteiger partial charge in [0.05, 0.1) is 0 Å². The number of hydrogen-bond acceptors (Lipinski definition) is 4. The fraction of sp³-hybridized carbons (Fsp3) is 0.200. The highest BCUT2D eigenvalue weighted by atomic mass is 35.5. The second-order valence-electron chi connectivity index (χ2n) is 3.11. The van der Waals surface area contributed by atoms with E-state index in [-0.39, 0.29) is 17.4 Å². The lowest BCUT2D eigenvalue weighted by molar-refractivity contribution is -0.137. The Morgan fingerprint density at radius 1 is 1.47 bits per heavy atom. The van der Waals surface area contributed by atoms with E-state index < -0.39 is 18.4 Å². The van der Waals surface area contributed by atoms with Crippen molar-refractivity contribution in [2.45, 2.75) is 0 Å². The summed E-state index contributed by atoms with van der Waals surface area (Å²) in [5, 5.41) is 15.9. The summed E-state index contributed by atoms with van der Waals surface area (Å²) in [4.78, 5) is 23.5. The van der Waals surface area contributed by atoms with E-state index in [1.807, 2.05) is 0 Å². The Kier molecular flexibility index (Phi) is 4.59. The number of hydrogen-bond donors (Lipinski definition) is 1. The third kappa shape index (κ3) is 3.84. The van der Waals surface area contributed by atoms with Crippen molar-refractivity contribution in [3.05, 3.63) is 35.6 Å². The van der Waals surface area contributed by atoms with Crippen molar-refractivity contribution in [2.24, 2.45) is 0 Å². The molecule has 1 aromatic rings. The molecule has 90 valence electrons. The summed E-state index contributed by atoms with van der Waals surface area (Å²) in [5.74, 6) is -1.64. The smallest absolute Gasteiger partial charge is 0.323 e. The Balaban J connectivity index is 2.86. The van der Waals surface area contributed by atoms with Crippen molar-refractivity contribution >= 4 is 23.5 Å². The van der Waals surface area contributed by atoms with Crippen LogP contribution in [0.1, 0.15) is 10.5 Å². The highest BCUT2D eigenvalue weighted by Crippen LogP contribution is 2.05. The number of aliphatic carboxylic acids is 1. The number of amides is 1. The second kappa shape index (κ2) is 5.95. The highest BCUT2D eigenvalue weighted by molar-refractivity contribution is 6.29. The predicted octanol–water partition coefficient (Wildman–Crippen LogP) is 0.843. The molecule has 0 bridgehead atoms. The van der Waals surface area contributed by atoms with Crippen molar-refractivity contribution in [2.75, 3.05) is 13.1 Å². The Hall–Kier alpha value is -1.95. The van der Waals surface area contributed by atoms with Crippen LogP contribution in [0.5, 0.6) is 0 Å². The third-order valence-electron chi connectivity index (χ3n) is 1.81. The van der Waals surface area contributed by atoms with Gasteiger partial charge in [-0.05, 0) is 12.1 Å². The van der Waals surface area contributed by atoms with Gasteiger partial charge in [-0.2, -0.15) is 0 Å². The molecule has 0 fully saturated rings. The number of nitrogens with zero attached hydrogens (tertiary/aromatic N) is 3. The zero-order valence-corrected chi connectivity index (χ0v) is 9.59. The summed E-state index contributed by atoms with van der Waals surface area (Å²) in [6.07, 6.45) is 1.43. The summed E-state index contributed by atoms with van der Waals surface area (Å²) < 4.78 is 0. The Morgan fingerprint density at radius 2 is 2.18 bits per heavy atom. The molecule has 1 N–H and O–H groups in total. The van der Waals surface area contributed by atoms with Crippen molar-refractivity contribution in [1.29, 1.82) is 0 Å². The van der Waals surface area contributed by atoms with Crippen LogP contribution >= 0.6 is 11.6 Å². The zero-order chi connectivity index (χ0) is 12.8. The zero-order valence-electron chi connectivity index (χ0n) is 8.84. The van der Waals surface area contributed by atoms with Crippen molar-refractivity contribution in [3.63, 3.8) is 0 Å². The summed E-state index contributed by atoms with van der Waals surface area (Å²) in [6, 6.07) is 2.80. The largest absolute Gasteiger partial charge is 0.480 e. The van der Waals surface area contributed by atoms with E-state index in [0.717, 1.165) is 4.90 Å². The molecule has 0 saturated carbocycles. The van der Waals surface area contributed by atoms with Crippen LogP contribution < -0.4 is 0 Å². The molecule has 0 saturated heterocycles. The highest BCUT2D eigenvalue weighted by Gasteiger charge is 2.18. The summed E-state index contributed by atoms with van der Waals surface area (Å²) in [7, 11) is 0. The molecule has 0 unspecified atom stereocenters. The van der Waals surface area contributed by atoms with E-state index >= 15 is 0 Å². The summed E-state index contributed by atoms with van der Waals surface area (Å²) in [6.45, 7) is 3.15. The van der Waals surface area contributed by atoms with Crippen LogP contribution in [-0.4, -0.2) is 45.2 Å². The molecule has 0 radical (unpaired) electrons. The van der Waals surface area contributed by atoms with E-state index in [1.165, 1.54) is 18.2 Å². The molecule has 1 heterocycles. The molecule has 0 aliphatic heterocycles. The molecule has 1 aromatic heterocycles. The van der Waals surface area contributed by atoms with Crippen LogP contribution in [0.2, 0.25) is 5.15 Å². The molecule has 1 amide bonds. The van der Waals surface area contributed by atoms with Crippen LogP contribution in [0.4, 0.5) is 0 Å². The van der Waals surface area contributed by atoms with Crippen LogP contribution in [0.3, 0.4) is 0 Å². The SMILES string of the molecule is C=CCN(CC(=O)O)C(=O)c1ccc(Cl)nn1. The molecule has 6 nitrogen and oxygen atoms in total. The standard InChI is InChI=1S/C10H10ClN3O3/c1-2-5-14(6-9(15)16)10(17)7-3-4-8(11)13-12-7/h2-4H,1,5-6H2,(H,15,16). The lowest BCUT2D eigenvalue weighted by Gasteiger charge is -2.17. The normalized spacial score (nSPS) is 9.71. The lowest BCUT2D eigenvalue weighted by Crippen LogP contribution is -2.36. The molecule has 1 rings (SSSR count). The van der Waals surface area contributed by atoms with Gasteiger partial charge in [-0.25, -0.2) is 0 Å². The number of aromatic nitrogens is 2. The number of halogens is 1. The van der Waals surface area contributed by atoms with Gasteiger partial charge in [0.15, 0.2) is 10.8 Å². The fourth-order valence-electron chi connectivity index (χ4n) is 1.13. The molecule has 0 atom stereocenters. The maximum absolute atomic E-state index is 11.9. The number of carbonyl (C=O) groups is 2. The van der Waals surface area contributed by atoms with E-state index in [0.29, 0.717) is 0 Å². The molecule has 17 heavy (non-hydrogen) atoms. The van der Waals surface area contributed by atoms with Gasteiger partial charge in [-0.3, -0.25) is 9.59 Å². The maximum atomic E-state index is 11.9. The van der Waals surface area contributed by atoms with Crippen molar-refractivity contribution in [3.8, 4) is 0 Å². The molecule has 0 spiro atoms. The molecule has 7 heteroatoms. The summed E-state index contributed by atoms with van der Waals surface area (Å²) in [5.41, 5.74) is 0.0394. The quantitative estimate of drug-likeness (QED) is 0.789. The minimum absolute atomic E-state index is 0.0394. The first-order chi connectivity index (χ1) is 8.04. The molecule has 0 aromatic carbocycles. The third-order valence-corrected chi connectivity index (χ3v) is 2.02. The minimum Gasteiger partial charge on any atom is -0.480 e. The van der Waals surface area contributed by atoms with Crippen LogP contribution in [-0.2, 0) is 4.79 Å². The van der Waals surface area contributed by atoms with Gasteiger partial charge in [0, 0.05) is 6.54 Å². The summed E-state index contributed by atoms with van der Waals surface area (Å²) >= 11 is 5.53. The fourth-order valence-corrected chi connectivity index (χ4v) is 1.23. The topological polar surface area (TPSA) is 83.4 Å². The van der Waals surface area contributed by atoms with Gasteiger partial charge in [0.1, 0.15) is 6.54 Å². The molecular formula is C10H10ClN3O3. The Labute approximate surface area is 103 Å². The Morgan fingerprint density at radius 3 is 2.65 bits per heavy atom. The molecule has 0 aliphatic rings. The average molecular weight is 256 g/mol. The maximum Gasteiger partial charge on any atom is 0.323 e. The predicted molar refractivity (Wildman–Crippen MR) is 60.8 cm³/mol. The first-order valence-electron chi connectivity index (χ1n) is 4.65. The van der Waals surface area contributed by atoms with E-state index in [2.05, 4.69) is 16.8 Å². The Bertz CT molecular complexity index is 433. The van der Waals surface area contributed by atoms with Crippen LogP contribution in [0.15, 0.2) is 24.8 Å². The van der Waals surface area contributed by atoms with Gasteiger partial charge >= 0.3 is 5.97 Å². The number of carbonyl (C=O) groups excluding carboxylic acids is 1. The number of carboxylic acid groups (broad SMARTS) is 1. The van der Waals surface area contributed by atoms with Gasteiger partial charge in [0.2, 0.25) is 0 Å². The molecular weight excluding hydrogens is 246 g/mol. The second-order valence-corrected chi connectivity index (χ2v) is 3.50. The number of rotatable bonds is 5. The van der Waals surface area contributed by atoms with Crippen LogP contribution in [0.25, 0.3) is 0 Å². The first-order valence-corrected chi connectivity index (χ1v) is 5.03. The van der Waals surface area contributed by atoms with Crippen LogP contribution in [0, 0.1) is 0 Å². The van der Waals surface area contributed by atoms with Gasteiger partial charge < -0.3 is 10.0 Å². The first kappa shape index (κ1) is 13.1. The van der Waals surface area contributed by atoms with Crippen molar-refractivity contribution in [1.82, 2.24) is 15.1 Å². The van der Waals surface area contributed by atoms with E-state index in [1.54, 1.807) is 0 Å². The monoisotopic (exact) mass is 255 g/mol. The van der Waals surface area contributed by atoms with Gasteiger partial charge in [-0.15, -0.1) is 16.8 Å². The van der Waals surface area contributed by atoms with Crippen molar-refractivity contribution < 1.29 is 14.7 Å². The van der Waals surface area contributed by atoms with Gasteiger partial charge in [0.25, 0.3) is 5.91 Å². The lowest BCUT2D eigenvalue weighted by atomic mass is 10.3. The average Bonchev–Trinajstić information content (AvgIpc) is 2.28. The molecule has 0 aliphatic carbocycles.